The third-order valence-electron chi connectivity index (χ3n) is 7.68. The van der Waals surface area contributed by atoms with Gasteiger partial charge in [-0.25, -0.2) is 4.79 Å². The van der Waals surface area contributed by atoms with Crippen LogP contribution in [0, 0.1) is 6.92 Å². The lowest BCUT2D eigenvalue weighted by molar-refractivity contribution is 0.0379. The van der Waals surface area contributed by atoms with Crippen LogP contribution in [0.15, 0.2) is 60.7 Å². The number of amides is 3. The van der Waals surface area contributed by atoms with Gasteiger partial charge in [-0.1, -0.05) is 29.3 Å². The van der Waals surface area contributed by atoms with Gasteiger partial charge in [0.25, 0.3) is 5.91 Å². The van der Waals surface area contributed by atoms with Gasteiger partial charge < -0.3 is 19.9 Å². The van der Waals surface area contributed by atoms with E-state index in [1.165, 1.54) is 5.56 Å². The van der Waals surface area contributed by atoms with Crippen molar-refractivity contribution in [3.05, 3.63) is 87.4 Å². The molecule has 0 saturated carbocycles. The number of halogens is 2. The maximum Gasteiger partial charge on any atom is 0.325 e. The van der Waals surface area contributed by atoms with E-state index >= 15 is 0 Å². The number of urea groups is 1. The zero-order chi connectivity index (χ0) is 26.6. The summed E-state index contributed by atoms with van der Waals surface area (Å²) in [5, 5.41) is 4.40. The third-order valence-corrected chi connectivity index (χ3v) is 8.16. The summed E-state index contributed by atoms with van der Waals surface area (Å²) >= 11 is 12.4. The number of piperazine rings is 1. The predicted molar refractivity (Wildman–Crippen MR) is 150 cm³/mol. The minimum atomic E-state index is -0.867. The molecule has 2 unspecified atom stereocenters. The van der Waals surface area contributed by atoms with Crippen molar-refractivity contribution in [2.24, 2.45) is 0 Å². The molecule has 0 aromatic heterocycles. The highest BCUT2D eigenvalue weighted by Crippen LogP contribution is 2.46. The van der Waals surface area contributed by atoms with Crippen LogP contribution in [0.3, 0.4) is 0 Å². The van der Waals surface area contributed by atoms with E-state index in [0.29, 0.717) is 46.6 Å². The van der Waals surface area contributed by atoms with Crippen molar-refractivity contribution in [3.8, 4) is 5.75 Å². The summed E-state index contributed by atoms with van der Waals surface area (Å²) < 4.78 is 6.34. The molecule has 2 saturated heterocycles. The number of aryl methyl sites for hydroxylation is 1. The Labute approximate surface area is 231 Å². The summed E-state index contributed by atoms with van der Waals surface area (Å²) in [6.07, 6.45) is 0.573. The van der Waals surface area contributed by atoms with E-state index in [0.717, 1.165) is 24.3 Å². The molecule has 3 aliphatic rings. The molecule has 6 rings (SSSR count). The normalized spacial score (nSPS) is 22.5. The number of nitrogens with zero attached hydrogens (tertiary/aromatic N) is 3. The fourth-order valence-electron chi connectivity index (χ4n) is 5.75. The predicted octanol–water partition coefficient (Wildman–Crippen LogP) is 6.03. The zero-order valence-corrected chi connectivity index (χ0v) is 22.7. The molecule has 9 heteroatoms. The minimum absolute atomic E-state index is 0.0203. The van der Waals surface area contributed by atoms with Crippen molar-refractivity contribution in [1.82, 2.24) is 10.2 Å². The van der Waals surface area contributed by atoms with E-state index in [1.807, 2.05) is 54.3 Å². The van der Waals surface area contributed by atoms with Crippen LogP contribution in [-0.2, 0) is 0 Å². The molecule has 2 atom stereocenters. The molecule has 1 N–H and O–H groups in total. The Morgan fingerprint density at radius 1 is 0.974 bits per heavy atom. The number of fused-ring (bicyclic) bond motifs is 4. The van der Waals surface area contributed by atoms with E-state index in [4.69, 9.17) is 27.9 Å². The van der Waals surface area contributed by atoms with Crippen molar-refractivity contribution in [2.75, 3.05) is 36.0 Å². The van der Waals surface area contributed by atoms with Crippen molar-refractivity contribution < 1.29 is 14.3 Å². The fourth-order valence-corrected chi connectivity index (χ4v) is 6.09. The molecule has 3 aromatic rings. The molecule has 3 heterocycles. The molecule has 3 amide bonds. The lowest BCUT2D eigenvalue weighted by Crippen LogP contribution is -2.65. The molecule has 196 valence electrons. The van der Waals surface area contributed by atoms with Gasteiger partial charge in [0, 0.05) is 65.1 Å². The number of carbonyl (C=O) groups is 2. The standard InChI is InChI=1S/C29H28Cl2N4O3/c1-18-3-6-21(31)16-25(18)33-11-13-34(14-12-33)27(36)19-4-8-22(9-5-19)35-28(37)32-24-17-29(35,2)38-26-10-7-20(30)15-23(24)26/h3-10,15-16,24H,11-14,17H2,1-2H3,(H,32,37). The molecule has 0 radical (unpaired) electrons. The van der Waals surface area contributed by atoms with E-state index in [2.05, 4.69) is 17.1 Å². The van der Waals surface area contributed by atoms with Crippen molar-refractivity contribution >= 4 is 46.5 Å². The Morgan fingerprint density at radius 2 is 1.66 bits per heavy atom. The quantitative estimate of drug-likeness (QED) is 0.432. The average Bonchev–Trinajstić information content (AvgIpc) is 2.90. The first-order chi connectivity index (χ1) is 18.2. The van der Waals surface area contributed by atoms with Gasteiger partial charge in [-0.2, -0.15) is 0 Å². The molecule has 0 spiro atoms. The van der Waals surface area contributed by atoms with Gasteiger partial charge in [0.1, 0.15) is 5.75 Å². The first-order valence-corrected chi connectivity index (χ1v) is 13.5. The third kappa shape index (κ3) is 4.33. The lowest BCUT2D eigenvalue weighted by Gasteiger charge is -2.50. The Bertz CT molecular complexity index is 1420. The Hall–Kier alpha value is -3.42. The highest BCUT2D eigenvalue weighted by molar-refractivity contribution is 6.31. The van der Waals surface area contributed by atoms with E-state index in [9.17, 15) is 9.59 Å². The smallest absolute Gasteiger partial charge is 0.325 e. The van der Waals surface area contributed by atoms with Crippen LogP contribution in [0.2, 0.25) is 10.0 Å². The number of nitrogens with one attached hydrogen (secondary N) is 1. The van der Waals surface area contributed by atoms with Crippen molar-refractivity contribution in [2.45, 2.75) is 32.0 Å². The highest BCUT2D eigenvalue weighted by Gasteiger charge is 2.49. The van der Waals surface area contributed by atoms with E-state index in [-0.39, 0.29) is 18.0 Å². The van der Waals surface area contributed by atoms with E-state index < -0.39 is 5.72 Å². The van der Waals surface area contributed by atoms with E-state index in [1.54, 1.807) is 23.1 Å². The van der Waals surface area contributed by atoms with Crippen LogP contribution in [0.1, 0.15) is 40.9 Å². The summed E-state index contributed by atoms with van der Waals surface area (Å²) in [5.74, 6) is 0.685. The van der Waals surface area contributed by atoms with Crippen molar-refractivity contribution in [1.29, 1.82) is 0 Å². The first kappa shape index (κ1) is 24.9. The molecular weight excluding hydrogens is 523 g/mol. The van der Waals surface area contributed by atoms with Gasteiger partial charge >= 0.3 is 6.03 Å². The number of rotatable bonds is 3. The topological polar surface area (TPSA) is 65.1 Å². The molecule has 3 aliphatic heterocycles. The lowest BCUT2D eigenvalue weighted by atomic mass is 9.90. The molecule has 3 aromatic carbocycles. The van der Waals surface area contributed by atoms with Gasteiger partial charge in [-0.15, -0.1) is 0 Å². The van der Waals surface area contributed by atoms with Gasteiger partial charge in [0.2, 0.25) is 0 Å². The Balaban J connectivity index is 1.16. The molecule has 7 nitrogen and oxygen atoms in total. The second-order valence-corrected chi connectivity index (χ2v) is 11.1. The molecule has 2 fully saturated rings. The average molecular weight is 551 g/mol. The first-order valence-electron chi connectivity index (χ1n) is 12.7. The van der Waals surface area contributed by atoms with Crippen LogP contribution in [0.4, 0.5) is 16.2 Å². The molecule has 38 heavy (non-hydrogen) atoms. The molecule has 2 bridgehead atoms. The van der Waals surface area contributed by atoms with Gasteiger partial charge in [-0.3, -0.25) is 9.69 Å². The number of anilines is 2. The molecular formula is C29H28Cl2N4O3. The zero-order valence-electron chi connectivity index (χ0n) is 21.2. The Kier molecular flexibility index (Phi) is 6.16. The van der Waals surface area contributed by atoms with Gasteiger partial charge in [0.15, 0.2) is 5.72 Å². The van der Waals surface area contributed by atoms with Gasteiger partial charge in [-0.05, 0) is 74.0 Å². The summed E-state index contributed by atoms with van der Waals surface area (Å²) in [7, 11) is 0. The second kappa shape index (κ2) is 9.40. The summed E-state index contributed by atoms with van der Waals surface area (Å²) in [6.45, 7) is 6.71. The minimum Gasteiger partial charge on any atom is -0.467 e. The number of hydrogen-bond donors (Lipinski definition) is 1. The molecule has 0 aliphatic carbocycles. The monoisotopic (exact) mass is 550 g/mol. The van der Waals surface area contributed by atoms with Crippen LogP contribution in [0.5, 0.6) is 5.75 Å². The van der Waals surface area contributed by atoms with Crippen LogP contribution in [0.25, 0.3) is 0 Å². The van der Waals surface area contributed by atoms with Crippen LogP contribution >= 0.6 is 23.2 Å². The summed E-state index contributed by atoms with van der Waals surface area (Å²) in [5.41, 5.74) is 3.55. The maximum absolute atomic E-state index is 13.3. The van der Waals surface area contributed by atoms with Crippen molar-refractivity contribution in [3.63, 3.8) is 0 Å². The summed E-state index contributed by atoms with van der Waals surface area (Å²) in [4.78, 5) is 32.2. The largest absolute Gasteiger partial charge is 0.467 e. The number of ether oxygens (including phenoxy) is 1. The SMILES string of the molecule is Cc1ccc(Cl)cc1N1CCN(C(=O)c2ccc(N3C(=O)NC4CC3(C)Oc3ccc(Cl)cc34)cc2)CC1. The summed E-state index contributed by atoms with van der Waals surface area (Å²) in [6, 6.07) is 18.1. The van der Waals surface area contributed by atoms with Crippen LogP contribution < -0.4 is 19.9 Å². The van der Waals surface area contributed by atoms with Gasteiger partial charge in [0.05, 0.1) is 6.04 Å². The van der Waals surface area contributed by atoms with Crippen LogP contribution in [-0.4, -0.2) is 48.7 Å². The number of benzene rings is 3. The second-order valence-electron chi connectivity index (χ2n) is 10.3. The number of hydrogen-bond acceptors (Lipinski definition) is 4. The fraction of sp³-hybridized carbons (Fsp3) is 0.310. The maximum atomic E-state index is 13.3. The number of carbonyl (C=O) groups excluding carboxylic acids is 2. The Morgan fingerprint density at radius 3 is 2.39 bits per heavy atom. The highest BCUT2D eigenvalue weighted by atomic mass is 35.5.